The van der Waals surface area contributed by atoms with Crippen LogP contribution in [-0.2, 0) is 13.6 Å². The molecule has 1 fully saturated rings. The van der Waals surface area contributed by atoms with Crippen LogP contribution in [0.25, 0.3) is 0 Å². The van der Waals surface area contributed by atoms with Crippen molar-refractivity contribution in [1.82, 2.24) is 0 Å². The highest BCUT2D eigenvalue weighted by Gasteiger charge is 2.33. The van der Waals surface area contributed by atoms with E-state index in [1.54, 1.807) is 0 Å². The zero-order valence-corrected chi connectivity index (χ0v) is 16.2. The number of allylic oxidation sites excluding steroid dienone is 1. The van der Waals surface area contributed by atoms with E-state index in [1.807, 2.05) is 32.9 Å². The lowest BCUT2D eigenvalue weighted by atomic mass is 9.95. The molecule has 140 valence electrons. The Balaban J connectivity index is 2.67. The minimum absolute atomic E-state index is 0.0975. The molecule has 1 aliphatic rings. The first-order valence-electron chi connectivity index (χ1n) is 9.04. The van der Waals surface area contributed by atoms with E-state index in [2.05, 4.69) is 6.92 Å². The molecule has 0 spiro atoms. The summed E-state index contributed by atoms with van der Waals surface area (Å²) in [7, 11) is -1.41. The number of hydrogen-bond acceptors (Lipinski definition) is 5. The van der Waals surface area contributed by atoms with E-state index in [1.165, 1.54) is 0 Å². The highest BCUT2D eigenvalue weighted by molar-refractivity contribution is 7.41. The average Bonchev–Trinajstić information content (AvgIpc) is 2.51. The van der Waals surface area contributed by atoms with Gasteiger partial charge in [0.2, 0.25) is 6.04 Å². The van der Waals surface area contributed by atoms with Gasteiger partial charge in [-0.1, -0.05) is 38.8 Å². The largest absolute Gasteiger partial charge is 0.333 e. The molecule has 1 rings (SSSR count). The highest BCUT2D eigenvalue weighted by Crippen LogP contribution is 2.47. The monoisotopic (exact) mass is 361 g/mol. The molecular formula is C17H32NO5P. The average molecular weight is 361 g/mol. The van der Waals surface area contributed by atoms with Crippen LogP contribution < -0.4 is 0 Å². The van der Waals surface area contributed by atoms with E-state index in [0.29, 0.717) is 6.42 Å². The van der Waals surface area contributed by atoms with Crippen LogP contribution in [0.3, 0.4) is 0 Å². The van der Waals surface area contributed by atoms with Crippen LogP contribution in [0.5, 0.6) is 0 Å². The lowest BCUT2D eigenvalue weighted by Crippen LogP contribution is -2.31. The summed E-state index contributed by atoms with van der Waals surface area (Å²) in [6, 6.07) is -0.618. The molecule has 0 radical (unpaired) electrons. The molecule has 4 unspecified atom stereocenters. The molecule has 6 nitrogen and oxygen atoms in total. The van der Waals surface area contributed by atoms with E-state index >= 15 is 0 Å². The second-order valence-corrected chi connectivity index (χ2v) is 7.59. The van der Waals surface area contributed by atoms with Gasteiger partial charge in [0.25, 0.3) is 0 Å². The van der Waals surface area contributed by atoms with Crippen LogP contribution in [0.2, 0.25) is 0 Å². The lowest BCUT2D eigenvalue weighted by Gasteiger charge is -2.31. The van der Waals surface area contributed by atoms with Crippen LogP contribution in [0.15, 0.2) is 12.2 Å². The number of unbranched alkanes of at least 4 members (excludes halogenated alkanes) is 2. The Morgan fingerprint density at radius 2 is 1.96 bits per heavy atom. The molecule has 4 atom stereocenters. The molecule has 1 heterocycles. The van der Waals surface area contributed by atoms with Crippen molar-refractivity contribution in [2.45, 2.75) is 84.5 Å². The predicted octanol–water partition coefficient (Wildman–Crippen LogP) is 5.25. The Morgan fingerprint density at radius 3 is 2.50 bits per heavy atom. The summed E-state index contributed by atoms with van der Waals surface area (Å²) in [5.74, 6) is -0.250. The Bertz CT molecular complexity index is 383. The first-order chi connectivity index (χ1) is 11.5. The summed E-state index contributed by atoms with van der Waals surface area (Å²) in [6.07, 6.45) is 9.32. The van der Waals surface area contributed by atoms with E-state index in [-0.39, 0.29) is 29.7 Å². The van der Waals surface area contributed by atoms with Gasteiger partial charge in [-0.15, -0.1) is 0 Å². The predicted molar refractivity (Wildman–Crippen MR) is 96.4 cm³/mol. The molecule has 1 saturated heterocycles. The summed E-state index contributed by atoms with van der Waals surface area (Å²) < 4.78 is 17.2. The topological polar surface area (TPSA) is 70.8 Å². The van der Waals surface area contributed by atoms with Crippen molar-refractivity contribution in [3.05, 3.63) is 22.3 Å². The number of hydrogen-bond donors (Lipinski definition) is 0. The summed E-state index contributed by atoms with van der Waals surface area (Å²) in [4.78, 5) is 11.3. The number of nitrogens with zero attached hydrogens (tertiary/aromatic N) is 1. The summed E-state index contributed by atoms with van der Waals surface area (Å²) in [5.41, 5.74) is 0. The van der Waals surface area contributed by atoms with Gasteiger partial charge >= 0.3 is 8.60 Å². The fraction of sp³-hybridized carbons (Fsp3) is 0.882. The number of nitro groups is 1. The minimum Gasteiger partial charge on any atom is -0.311 e. The van der Waals surface area contributed by atoms with Crippen molar-refractivity contribution < 1.29 is 18.5 Å². The van der Waals surface area contributed by atoms with Crippen molar-refractivity contribution in [2.75, 3.05) is 6.61 Å². The molecule has 0 saturated carbocycles. The fourth-order valence-corrected chi connectivity index (χ4v) is 3.93. The van der Waals surface area contributed by atoms with Crippen molar-refractivity contribution in [3.63, 3.8) is 0 Å². The normalized spacial score (nSPS) is 27.2. The third-order valence-electron chi connectivity index (χ3n) is 4.03. The second kappa shape index (κ2) is 11.9. The summed E-state index contributed by atoms with van der Waals surface area (Å²) in [5, 5.41) is 11.5. The Labute approximate surface area is 147 Å². The standard InChI is InChI=1S/C17H32NO5P/c1-5-7-9-10-16(17(18(19)20)11-8-6-2)13-21-24-22-14(3)12-15(4)23-24/h9-10,14-17H,5-8,11-13H2,1-4H3. The van der Waals surface area contributed by atoms with Crippen LogP contribution in [-0.4, -0.2) is 29.8 Å². The maximum Gasteiger partial charge on any atom is 0.333 e. The van der Waals surface area contributed by atoms with Gasteiger partial charge in [0.1, 0.15) is 0 Å². The third kappa shape index (κ3) is 8.02. The molecule has 0 aromatic carbocycles. The molecule has 1 aliphatic heterocycles. The Kier molecular flexibility index (Phi) is 10.7. The number of rotatable bonds is 11. The van der Waals surface area contributed by atoms with E-state index in [4.69, 9.17) is 13.6 Å². The Morgan fingerprint density at radius 1 is 1.29 bits per heavy atom. The highest BCUT2D eigenvalue weighted by atomic mass is 31.2. The van der Waals surface area contributed by atoms with E-state index in [9.17, 15) is 10.1 Å². The molecule has 0 N–H and O–H groups in total. The van der Waals surface area contributed by atoms with Crippen LogP contribution in [0.1, 0.15) is 66.2 Å². The van der Waals surface area contributed by atoms with Gasteiger partial charge in [-0.2, -0.15) is 0 Å². The van der Waals surface area contributed by atoms with Crippen molar-refractivity contribution >= 4 is 8.60 Å². The van der Waals surface area contributed by atoms with Crippen molar-refractivity contribution in [1.29, 1.82) is 0 Å². The molecule has 0 aliphatic carbocycles. The van der Waals surface area contributed by atoms with Gasteiger partial charge in [0.05, 0.1) is 24.7 Å². The Hall–Kier alpha value is -0.550. The van der Waals surface area contributed by atoms with Gasteiger partial charge in [-0.05, 0) is 26.7 Å². The molecular weight excluding hydrogens is 329 g/mol. The van der Waals surface area contributed by atoms with Crippen LogP contribution in [0, 0.1) is 16.0 Å². The zero-order chi connectivity index (χ0) is 17.9. The minimum atomic E-state index is -1.41. The quantitative estimate of drug-likeness (QED) is 0.217. The van der Waals surface area contributed by atoms with E-state index < -0.39 is 14.6 Å². The van der Waals surface area contributed by atoms with Crippen molar-refractivity contribution in [2.24, 2.45) is 5.92 Å². The smallest absolute Gasteiger partial charge is 0.311 e. The van der Waals surface area contributed by atoms with E-state index in [0.717, 1.165) is 32.1 Å². The molecule has 0 aromatic rings. The molecule has 0 bridgehead atoms. The van der Waals surface area contributed by atoms with Crippen LogP contribution in [0.4, 0.5) is 0 Å². The second-order valence-electron chi connectivity index (χ2n) is 6.46. The van der Waals surface area contributed by atoms with Crippen molar-refractivity contribution in [3.8, 4) is 0 Å². The summed E-state index contributed by atoms with van der Waals surface area (Å²) >= 11 is 0. The van der Waals surface area contributed by atoms with Gasteiger partial charge in [0.15, 0.2) is 0 Å². The van der Waals surface area contributed by atoms with Gasteiger partial charge in [-0.3, -0.25) is 10.1 Å². The maximum atomic E-state index is 11.5. The third-order valence-corrected chi connectivity index (χ3v) is 5.45. The maximum absolute atomic E-state index is 11.5. The lowest BCUT2D eigenvalue weighted by molar-refractivity contribution is -0.531. The molecule has 7 heteroatoms. The van der Waals surface area contributed by atoms with Gasteiger partial charge in [0, 0.05) is 17.8 Å². The molecule has 24 heavy (non-hydrogen) atoms. The zero-order valence-electron chi connectivity index (χ0n) is 15.3. The first kappa shape index (κ1) is 21.5. The molecule has 0 amide bonds. The summed E-state index contributed by atoms with van der Waals surface area (Å²) in [6.45, 7) is 8.40. The molecule has 0 aromatic heterocycles. The van der Waals surface area contributed by atoms with Crippen LogP contribution >= 0.6 is 8.60 Å². The first-order valence-corrected chi connectivity index (χ1v) is 10.1. The SMILES string of the molecule is CCCC=CC(COP1OC(C)CC(C)O1)C(CCCC)[N+](=O)[O-]. The van der Waals surface area contributed by atoms with Gasteiger partial charge in [-0.25, -0.2) is 0 Å². The van der Waals surface area contributed by atoms with Gasteiger partial charge < -0.3 is 13.6 Å². The fourth-order valence-electron chi connectivity index (χ4n) is 2.70.